The Kier molecular flexibility index (Phi) is 3.23. The molecular weight excluding hydrogens is 237 g/mol. The summed E-state index contributed by atoms with van der Waals surface area (Å²) in [5, 5.41) is 10.3. The van der Waals surface area contributed by atoms with Gasteiger partial charge in [0.15, 0.2) is 11.1 Å². The lowest BCUT2D eigenvalue weighted by Gasteiger charge is -2.04. The van der Waals surface area contributed by atoms with Crippen molar-refractivity contribution in [2.75, 3.05) is 0 Å². The van der Waals surface area contributed by atoms with Crippen LogP contribution in [0.5, 0.6) is 0 Å². The predicted octanol–water partition coefficient (Wildman–Crippen LogP) is 1.59. The van der Waals surface area contributed by atoms with Crippen molar-refractivity contribution in [2.24, 2.45) is 0 Å². The molecule has 0 bridgehead atoms. The number of aliphatic carboxylic acids is 1. The molecule has 0 radical (unpaired) electrons. The molecule has 1 aromatic rings. The van der Waals surface area contributed by atoms with E-state index < -0.39 is 23.2 Å². The average Bonchev–Trinajstić information content (AvgIpc) is 2.51. The quantitative estimate of drug-likeness (QED) is 0.819. The van der Waals surface area contributed by atoms with E-state index in [0.717, 1.165) is 16.9 Å². The zero-order valence-corrected chi connectivity index (χ0v) is 7.96. The summed E-state index contributed by atoms with van der Waals surface area (Å²) in [6.07, 6.45) is -3.50. The number of rotatable bonds is 3. The molecule has 0 spiro atoms. The first-order chi connectivity index (χ1) is 6.80. The van der Waals surface area contributed by atoms with E-state index in [-0.39, 0.29) is 6.54 Å². The van der Waals surface area contributed by atoms with Gasteiger partial charge in [0.25, 0.3) is 0 Å². The number of nitrogens with zero attached hydrogens (tertiary/aromatic N) is 2. The minimum atomic E-state index is -4.53. The van der Waals surface area contributed by atoms with E-state index in [0.29, 0.717) is 0 Å². The lowest BCUT2D eigenvalue weighted by atomic mass is 10.4. The van der Waals surface area contributed by atoms with Gasteiger partial charge in [-0.05, 0) is 6.07 Å². The maximum Gasteiger partial charge on any atom is 0.435 e. The summed E-state index contributed by atoms with van der Waals surface area (Å²) in [5.74, 6) is -1.30. The normalized spacial score (nSPS) is 13.9. The Morgan fingerprint density at radius 3 is 2.67 bits per heavy atom. The van der Waals surface area contributed by atoms with Gasteiger partial charge < -0.3 is 5.11 Å². The van der Waals surface area contributed by atoms with Gasteiger partial charge in [0.2, 0.25) is 0 Å². The zero-order chi connectivity index (χ0) is 11.6. The highest BCUT2D eigenvalue weighted by molar-refractivity contribution is 6.29. The van der Waals surface area contributed by atoms with Crippen molar-refractivity contribution in [3.63, 3.8) is 0 Å². The molecule has 0 fully saturated rings. The number of aromatic nitrogens is 2. The van der Waals surface area contributed by atoms with Crippen LogP contribution in [0, 0.1) is 0 Å². The molecule has 1 rings (SSSR count). The van der Waals surface area contributed by atoms with Gasteiger partial charge in [0.1, 0.15) is 0 Å². The van der Waals surface area contributed by atoms with Crippen LogP contribution in [0.4, 0.5) is 13.2 Å². The van der Waals surface area contributed by atoms with Crippen molar-refractivity contribution >= 4 is 17.6 Å². The molecule has 84 valence electrons. The average molecular weight is 243 g/mol. The Labute approximate surface area is 87.3 Å². The van der Waals surface area contributed by atoms with Gasteiger partial charge >= 0.3 is 12.1 Å². The molecule has 0 saturated carbocycles. The van der Waals surface area contributed by atoms with Crippen molar-refractivity contribution < 1.29 is 23.1 Å². The topological polar surface area (TPSA) is 55.1 Å². The van der Waals surface area contributed by atoms with Gasteiger partial charge in [-0.1, -0.05) is 0 Å². The third-order valence-electron chi connectivity index (χ3n) is 1.55. The molecule has 1 N–H and O–H groups in total. The highest BCUT2D eigenvalue weighted by Crippen LogP contribution is 2.27. The summed E-state index contributed by atoms with van der Waals surface area (Å²) < 4.78 is 37.1. The lowest BCUT2D eigenvalue weighted by molar-refractivity contribution is -0.141. The van der Waals surface area contributed by atoms with Crippen LogP contribution in [0.3, 0.4) is 0 Å². The summed E-state index contributed by atoms with van der Waals surface area (Å²) in [4.78, 5) is 10.3. The van der Waals surface area contributed by atoms with Crippen molar-refractivity contribution in [1.29, 1.82) is 0 Å². The fourth-order valence-corrected chi connectivity index (χ4v) is 0.998. The Hall–Kier alpha value is -1.24. The summed E-state index contributed by atoms with van der Waals surface area (Å²) >= 11 is 5.33. The highest BCUT2D eigenvalue weighted by Gasteiger charge is 2.33. The minimum absolute atomic E-state index is 0.313. The molecule has 4 nitrogen and oxygen atoms in total. The van der Waals surface area contributed by atoms with E-state index in [2.05, 4.69) is 5.10 Å². The molecule has 0 aliphatic carbocycles. The standard InChI is InChI=1S/C7H6ClF3N2O2/c8-4(6(14)15)3-13-2-1-5(12-13)7(9,10)11/h1-2,4H,3H2,(H,14,15). The highest BCUT2D eigenvalue weighted by atomic mass is 35.5. The molecular formula is C7H6ClF3N2O2. The second-order valence-electron chi connectivity index (χ2n) is 2.73. The van der Waals surface area contributed by atoms with Crippen LogP contribution in [0.15, 0.2) is 12.3 Å². The van der Waals surface area contributed by atoms with Crippen LogP contribution < -0.4 is 0 Å². The van der Waals surface area contributed by atoms with Crippen LogP contribution in [-0.2, 0) is 17.5 Å². The Morgan fingerprint density at radius 2 is 2.27 bits per heavy atom. The second-order valence-corrected chi connectivity index (χ2v) is 3.25. The molecule has 1 unspecified atom stereocenters. The fourth-order valence-electron chi connectivity index (χ4n) is 0.857. The first kappa shape index (κ1) is 11.8. The molecule has 0 aromatic carbocycles. The monoisotopic (exact) mass is 242 g/mol. The number of halogens is 4. The van der Waals surface area contributed by atoms with Crippen molar-refractivity contribution in [3.8, 4) is 0 Å². The number of carbonyl (C=O) groups is 1. The summed E-state index contributed by atoms with van der Waals surface area (Å²) in [6.45, 7) is -0.313. The van der Waals surface area contributed by atoms with E-state index in [9.17, 15) is 18.0 Å². The maximum atomic E-state index is 12.1. The van der Waals surface area contributed by atoms with Crippen molar-refractivity contribution in [3.05, 3.63) is 18.0 Å². The Balaban J connectivity index is 2.73. The van der Waals surface area contributed by atoms with E-state index >= 15 is 0 Å². The van der Waals surface area contributed by atoms with E-state index in [1.54, 1.807) is 0 Å². The number of carboxylic acids is 1. The third-order valence-corrected chi connectivity index (χ3v) is 1.87. The van der Waals surface area contributed by atoms with Gasteiger partial charge in [0, 0.05) is 6.20 Å². The molecule has 1 atom stereocenters. The zero-order valence-electron chi connectivity index (χ0n) is 7.20. The van der Waals surface area contributed by atoms with Crippen LogP contribution in [0.1, 0.15) is 5.69 Å². The molecule has 1 heterocycles. The van der Waals surface area contributed by atoms with Crippen LogP contribution in [0.2, 0.25) is 0 Å². The smallest absolute Gasteiger partial charge is 0.435 e. The summed E-state index contributed by atoms with van der Waals surface area (Å²) in [7, 11) is 0. The predicted molar refractivity (Wildman–Crippen MR) is 44.5 cm³/mol. The van der Waals surface area contributed by atoms with E-state index in [4.69, 9.17) is 16.7 Å². The largest absolute Gasteiger partial charge is 0.480 e. The molecule has 1 aromatic heterocycles. The molecule has 8 heteroatoms. The van der Waals surface area contributed by atoms with Gasteiger partial charge in [-0.15, -0.1) is 11.6 Å². The van der Waals surface area contributed by atoms with Gasteiger partial charge in [0.05, 0.1) is 6.54 Å². The molecule has 0 saturated heterocycles. The number of carboxylic acid groups (broad SMARTS) is 1. The first-order valence-electron chi connectivity index (χ1n) is 3.78. The minimum Gasteiger partial charge on any atom is -0.480 e. The van der Waals surface area contributed by atoms with E-state index in [1.807, 2.05) is 0 Å². The number of alkyl halides is 4. The fraction of sp³-hybridized carbons (Fsp3) is 0.429. The first-order valence-corrected chi connectivity index (χ1v) is 4.22. The van der Waals surface area contributed by atoms with Gasteiger partial charge in [-0.2, -0.15) is 18.3 Å². The number of hydrogen-bond acceptors (Lipinski definition) is 2. The van der Waals surface area contributed by atoms with Crippen LogP contribution in [-0.4, -0.2) is 26.2 Å². The van der Waals surface area contributed by atoms with Gasteiger partial charge in [-0.3, -0.25) is 9.48 Å². The Bertz CT molecular complexity index is 363. The van der Waals surface area contributed by atoms with Crippen LogP contribution in [0.25, 0.3) is 0 Å². The molecule has 0 amide bonds. The molecule has 0 aliphatic heterocycles. The lowest BCUT2D eigenvalue weighted by Crippen LogP contribution is -2.20. The molecule has 0 aliphatic rings. The maximum absolute atomic E-state index is 12.1. The molecule has 15 heavy (non-hydrogen) atoms. The summed E-state index contributed by atoms with van der Waals surface area (Å²) in [5.41, 5.74) is -1.07. The number of hydrogen-bond donors (Lipinski definition) is 1. The third kappa shape index (κ3) is 3.12. The SMILES string of the molecule is O=C(O)C(Cl)Cn1ccc(C(F)(F)F)n1. The second kappa shape index (κ2) is 4.09. The van der Waals surface area contributed by atoms with Gasteiger partial charge in [-0.25, -0.2) is 0 Å². The van der Waals surface area contributed by atoms with Crippen LogP contribution >= 0.6 is 11.6 Å². The van der Waals surface area contributed by atoms with Crippen molar-refractivity contribution in [1.82, 2.24) is 9.78 Å². The Morgan fingerprint density at radius 1 is 1.67 bits per heavy atom. The van der Waals surface area contributed by atoms with E-state index in [1.165, 1.54) is 0 Å². The summed E-state index contributed by atoms with van der Waals surface area (Å²) in [6, 6.07) is 0.755. The van der Waals surface area contributed by atoms with Crippen molar-refractivity contribution in [2.45, 2.75) is 18.1 Å².